The standard InChI is InChI=1S/C91H140ClFN18O16/c1-25-63-86(122)103(18)49-72(115)104(19)64(44-50(3)4)83(119)100-75(54(11)12)89(125)105(20)65(45-51(5)6)82(118)97-57(16)81(117)98-58(17)85(121)106(21)66(46-52(7)8)87(123)107(22)67(47-53(9)10)88(124)108(23)77(55(13)14)90(126)109(24)78(84(120)99-63)79(116)56(15)30-27-34-69(112)94-37-38-95-70(113)35-36-96-91-101-76-59-31-29-43-127-68-33-28-32-62(93)74(68)73(59)61(92)48-60(76)80(102-91)111-41-39-110(40-42-111)71(114)26-2/h26,28-29,31-33,48,50-58,63-67,75,77-79,116H,2,25,27,30,34-47,49H2,1,3-24H3,(H,94,112)(H,95,113)(H,97,118)(H,98,117)(H,99,120)(H,100,119)(H,96,101,102)/t56-,57+,58-,63+,64+,65+,66+,67+,75+,77+,78+,79-/m1/s1. The molecule has 3 aliphatic rings. The van der Waals surface area contributed by atoms with Gasteiger partial charge in [-0.2, -0.15) is 4.98 Å². The van der Waals surface area contributed by atoms with Gasteiger partial charge in [-0.15, -0.1) is 0 Å². The normalized spacial score (nSPS) is 22.8. The van der Waals surface area contributed by atoms with E-state index in [1.165, 1.54) is 99.8 Å². The van der Waals surface area contributed by atoms with Crippen LogP contribution in [0.2, 0.25) is 5.02 Å². The Kier molecular flexibility index (Phi) is 39.8. The first-order valence-corrected chi connectivity index (χ1v) is 44.8. The zero-order chi connectivity index (χ0) is 95.2. The highest BCUT2D eigenvalue weighted by Gasteiger charge is 2.47. The SMILES string of the molecule is C=CC(=O)N1CCN(c2nc(NCCC(=O)NCCNC(=O)CCC[C@@H](C)[C@@H](O)[C@H]3C(=O)N[C@@H](CC)C(=O)N(C)CC(=O)N(C)[C@@H](CC(C)C)C(=O)N[C@@H](C(C)C)C(=O)N(C)[C@@H](CC(C)C)C(=O)N[C@@H](C)C(=O)N[C@H](C)C(=O)N(C)[C@@H](CC(C)C)C(=O)N(C)[C@@H](CC(C)C)C(=O)N(C)[C@@H](C(C)C)C(=O)N3C)nc3c4c(c(Cl)cc23)-c2c(F)cccc2OCC=C4)CC1. The van der Waals surface area contributed by atoms with Crippen molar-refractivity contribution in [1.29, 1.82) is 0 Å². The van der Waals surface area contributed by atoms with Crippen LogP contribution >= 0.6 is 11.6 Å². The molecule has 0 bridgehead atoms. The molecule has 4 heterocycles. The highest BCUT2D eigenvalue weighted by Crippen LogP contribution is 2.45. The number of benzene rings is 2. The number of fused-ring (bicyclic) bond motifs is 5. The number of piperazine rings is 1. The average molecular weight is 1800 g/mol. The number of nitrogens with zero attached hydrogens (tertiary/aromatic N) is 11. The first-order chi connectivity index (χ1) is 59.6. The summed E-state index contributed by atoms with van der Waals surface area (Å²) in [5.41, 5.74) is 1.50. The molecule has 3 aromatic rings. The molecule has 2 fully saturated rings. The van der Waals surface area contributed by atoms with Gasteiger partial charge in [0.15, 0.2) is 0 Å². The summed E-state index contributed by atoms with van der Waals surface area (Å²) in [7, 11) is 9.66. The third-order valence-corrected chi connectivity index (χ3v) is 24.0. The molecule has 0 unspecified atom stereocenters. The fraction of sp³-hybridized carbons (Fsp3) is 0.648. The number of nitrogens with one attached hydrogen (secondary N) is 7. The number of carbonyl (C=O) groups excluding carboxylic acids is 14. The Bertz CT molecular complexity index is 4460. The number of anilines is 2. The van der Waals surface area contributed by atoms with E-state index in [9.17, 15) is 53.1 Å². The smallest absolute Gasteiger partial charge is 0.246 e. The zero-order valence-electron chi connectivity index (χ0n) is 78.6. The van der Waals surface area contributed by atoms with Gasteiger partial charge in [-0.3, -0.25) is 67.1 Å². The fourth-order valence-corrected chi connectivity index (χ4v) is 16.5. The largest absolute Gasteiger partial charge is 0.489 e. The van der Waals surface area contributed by atoms with Gasteiger partial charge in [0.25, 0.3) is 0 Å². The minimum atomic E-state index is -1.80. The van der Waals surface area contributed by atoms with Gasteiger partial charge in [-0.25, -0.2) is 9.37 Å². The van der Waals surface area contributed by atoms with Crippen molar-refractivity contribution in [3.05, 3.63) is 59.4 Å². The molecular weight excluding hydrogens is 1660 g/mol. The Morgan fingerprint density at radius 3 is 1.69 bits per heavy atom. The molecule has 8 N–H and O–H groups in total. The average Bonchev–Trinajstić information content (AvgIpc) is 0.738. The summed E-state index contributed by atoms with van der Waals surface area (Å²) in [6.45, 7) is 32.4. The number of halogens is 2. The number of aliphatic hydroxyl groups is 1. The number of ether oxygens (including phenoxy) is 1. The predicted molar refractivity (Wildman–Crippen MR) is 485 cm³/mol. The van der Waals surface area contributed by atoms with E-state index >= 15 is 23.6 Å². The highest BCUT2D eigenvalue weighted by molar-refractivity contribution is 6.35. The van der Waals surface area contributed by atoms with Crippen LogP contribution in [0.1, 0.15) is 174 Å². The summed E-state index contributed by atoms with van der Waals surface area (Å²) in [5, 5.41) is 33.2. The molecule has 2 aromatic carbocycles. The number of hydrogen-bond donors (Lipinski definition) is 8. The molecule has 36 heteroatoms. The van der Waals surface area contributed by atoms with Gasteiger partial charge in [0.05, 0.1) is 28.8 Å². The van der Waals surface area contributed by atoms with Crippen molar-refractivity contribution < 1.29 is 81.4 Å². The van der Waals surface area contributed by atoms with Crippen molar-refractivity contribution in [1.82, 2.24) is 81.1 Å². The van der Waals surface area contributed by atoms with E-state index in [0.717, 1.165) is 9.80 Å². The van der Waals surface area contributed by atoms with Crippen molar-refractivity contribution in [2.75, 3.05) is 119 Å². The Morgan fingerprint density at radius 1 is 0.598 bits per heavy atom. The molecule has 6 rings (SSSR count). The van der Waals surface area contributed by atoms with Crippen LogP contribution in [0.25, 0.3) is 28.1 Å². The third-order valence-electron chi connectivity index (χ3n) is 23.7. The number of carbonyl (C=O) groups is 14. The van der Waals surface area contributed by atoms with Gasteiger partial charge in [0.1, 0.15) is 84.4 Å². The minimum Gasteiger partial charge on any atom is -0.489 e. The van der Waals surface area contributed by atoms with E-state index in [2.05, 4.69) is 43.8 Å². The molecule has 0 saturated carbocycles. The maximum atomic E-state index is 15.8. The topological polar surface area (TPSA) is 408 Å². The van der Waals surface area contributed by atoms with Gasteiger partial charge in [-0.1, -0.05) is 127 Å². The van der Waals surface area contributed by atoms with Crippen LogP contribution in [-0.4, -0.2) is 312 Å². The van der Waals surface area contributed by atoms with Crippen LogP contribution in [0.3, 0.4) is 0 Å². The molecule has 0 spiro atoms. The highest BCUT2D eigenvalue weighted by atomic mass is 35.5. The lowest BCUT2D eigenvalue weighted by Crippen LogP contribution is -2.63. The fourth-order valence-electron chi connectivity index (χ4n) is 16.2. The van der Waals surface area contributed by atoms with Crippen LogP contribution in [0, 0.1) is 47.2 Å². The first-order valence-electron chi connectivity index (χ1n) is 44.4. The first kappa shape index (κ1) is 105. The number of aromatic nitrogens is 2. The number of rotatable bonds is 26. The molecule has 14 amide bonds. The second-order valence-corrected chi connectivity index (χ2v) is 36.7. The summed E-state index contributed by atoms with van der Waals surface area (Å²) >= 11 is 7.06. The molecule has 12 atom stereocenters. The Labute approximate surface area is 753 Å². The molecule has 0 radical (unpaired) electrons. The predicted octanol–water partition coefficient (Wildman–Crippen LogP) is 5.85. The van der Waals surface area contributed by atoms with Gasteiger partial charge in [-0.05, 0) is 131 Å². The lowest BCUT2D eigenvalue weighted by Gasteiger charge is -2.41. The number of amides is 14. The van der Waals surface area contributed by atoms with Crippen LogP contribution in [0.5, 0.6) is 5.75 Å². The van der Waals surface area contributed by atoms with Crippen molar-refractivity contribution >= 4 is 123 Å². The van der Waals surface area contributed by atoms with Crippen LogP contribution < -0.4 is 46.9 Å². The molecule has 2 saturated heterocycles. The van der Waals surface area contributed by atoms with E-state index in [0.29, 0.717) is 59.8 Å². The second kappa shape index (κ2) is 48.0. The summed E-state index contributed by atoms with van der Waals surface area (Å²) in [6.07, 6.45) is 3.51. The summed E-state index contributed by atoms with van der Waals surface area (Å²) < 4.78 is 21.7. The van der Waals surface area contributed by atoms with Gasteiger partial charge in [0.2, 0.25) is 88.6 Å². The van der Waals surface area contributed by atoms with Gasteiger partial charge >= 0.3 is 0 Å². The van der Waals surface area contributed by atoms with E-state index in [1.54, 1.807) is 76.8 Å². The Hall–Kier alpha value is -10.6. The lowest BCUT2D eigenvalue weighted by atomic mass is 9.90. The Morgan fingerprint density at radius 2 is 1.13 bits per heavy atom. The van der Waals surface area contributed by atoms with Crippen LogP contribution in [-0.2, 0) is 67.1 Å². The summed E-state index contributed by atoms with van der Waals surface area (Å²) in [4.78, 5) is 225. The molecule has 3 aliphatic heterocycles. The molecule has 127 heavy (non-hydrogen) atoms. The zero-order valence-corrected chi connectivity index (χ0v) is 79.4. The van der Waals surface area contributed by atoms with E-state index in [4.69, 9.17) is 26.3 Å². The maximum absolute atomic E-state index is 15.8. The molecule has 34 nitrogen and oxygen atoms in total. The molecule has 1 aromatic heterocycles. The van der Waals surface area contributed by atoms with Crippen LogP contribution in [0.15, 0.2) is 43.0 Å². The van der Waals surface area contributed by atoms with E-state index in [-0.39, 0.29) is 136 Å². The van der Waals surface area contributed by atoms with Gasteiger partial charge in [0, 0.05) is 125 Å². The van der Waals surface area contributed by atoms with E-state index < -0.39 is 168 Å². The third kappa shape index (κ3) is 27.7. The summed E-state index contributed by atoms with van der Waals surface area (Å²) in [6, 6.07) is -7.00. The van der Waals surface area contributed by atoms with Crippen molar-refractivity contribution in [3.8, 4) is 16.9 Å². The lowest BCUT2D eigenvalue weighted by molar-refractivity contribution is -0.157. The minimum absolute atomic E-state index is 0.0249. The molecule has 704 valence electrons. The van der Waals surface area contributed by atoms with Crippen molar-refractivity contribution in [2.24, 2.45) is 41.4 Å². The number of hydrogen-bond acceptors (Lipinski definition) is 20. The maximum Gasteiger partial charge on any atom is 0.246 e. The van der Waals surface area contributed by atoms with Gasteiger partial charge < -0.3 is 91.2 Å². The van der Waals surface area contributed by atoms with Crippen LogP contribution in [0.4, 0.5) is 16.2 Å². The number of aliphatic hydroxyl groups excluding tert-OH is 1. The molecule has 0 aliphatic carbocycles. The quantitative estimate of drug-likeness (QED) is 0.0345. The molecular formula is C91H140ClFN18O16. The number of likely N-dealkylation sites (N-methyl/N-ethyl adjacent to an activating group) is 7. The van der Waals surface area contributed by atoms with E-state index in [1.807, 2.05) is 60.3 Å². The van der Waals surface area contributed by atoms with Crippen molar-refractivity contribution in [3.63, 3.8) is 0 Å². The second-order valence-electron chi connectivity index (χ2n) is 36.3. The Balaban J connectivity index is 1.26. The van der Waals surface area contributed by atoms with Crippen molar-refractivity contribution in [2.45, 2.75) is 235 Å². The summed E-state index contributed by atoms with van der Waals surface area (Å²) in [5.74, 6) is -11.6. The monoisotopic (exact) mass is 1800 g/mol.